The number of ether oxygens (including phenoxy) is 2. The van der Waals surface area contributed by atoms with Crippen LogP contribution >= 0.6 is 0 Å². The Hall–Kier alpha value is -2.84. The first-order chi connectivity index (χ1) is 12.3. The molecule has 0 spiro atoms. The zero-order valence-corrected chi connectivity index (χ0v) is 13.5. The molecule has 2 aromatic carbocycles. The van der Waals surface area contributed by atoms with Gasteiger partial charge in [0.15, 0.2) is 12.4 Å². The van der Waals surface area contributed by atoms with Crippen molar-refractivity contribution in [3.05, 3.63) is 65.2 Å². The highest BCUT2D eigenvalue weighted by molar-refractivity contribution is 6.09. The van der Waals surface area contributed by atoms with Crippen LogP contribution in [0.1, 0.15) is 26.3 Å². The lowest BCUT2D eigenvalue weighted by molar-refractivity contribution is -0.212. The minimum Gasteiger partial charge on any atom is -0.478 e. The molecular weight excluding hydrogens is 350 g/mol. The number of hydrogen-bond acceptors (Lipinski definition) is 5. The number of hydrogen-bond donors (Lipinski definition) is 2. The van der Waals surface area contributed by atoms with E-state index in [1.807, 2.05) is 0 Å². The molecule has 2 rings (SSSR count). The van der Waals surface area contributed by atoms with Crippen LogP contribution in [0.5, 0.6) is 5.75 Å². The molecule has 0 bridgehead atoms. The summed E-state index contributed by atoms with van der Waals surface area (Å²) in [5.41, 5.74) is 0.558. The zero-order valence-electron chi connectivity index (χ0n) is 13.5. The summed E-state index contributed by atoms with van der Waals surface area (Å²) in [6, 6.07) is 10.5. The standard InChI is InChI=1S/C18H16F2O6/c19-18(20,11-25-10-9-21)26-15-7-5-13(6-8-15)16(22)12-1-3-14(4-2-12)17(23)24/h1-8,21H,9-11H2,(H,23,24). The van der Waals surface area contributed by atoms with Crippen LogP contribution in [0.4, 0.5) is 8.78 Å². The van der Waals surface area contributed by atoms with Gasteiger partial charge in [-0.25, -0.2) is 4.79 Å². The maximum atomic E-state index is 13.5. The predicted octanol–water partition coefficient (Wildman–Crippen LogP) is 2.60. The normalized spacial score (nSPS) is 11.2. The van der Waals surface area contributed by atoms with Crippen LogP contribution in [0.3, 0.4) is 0 Å². The van der Waals surface area contributed by atoms with E-state index in [0.29, 0.717) is 0 Å². The van der Waals surface area contributed by atoms with Gasteiger partial charge in [-0.3, -0.25) is 4.79 Å². The molecule has 0 radical (unpaired) electrons. The highest BCUT2D eigenvalue weighted by Gasteiger charge is 2.32. The molecule has 0 saturated heterocycles. The number of aromatic carboxylic acids is 1. The fraction of sp³-hybridized carbons (Fsp3) is 0.222. The summed E-state index contributed by atoms with van der Waals surface area (Å²) < 4.78 is 36.1. The topological polar surface area (TPSA) is 93.1 Å². The molecule has 0 aromatic heterocycles. The highest BCUT2D eigenvalue weighted by Crippen LogP contribution is 2.23. The first-order valence-electron chi connectivity index (χ1n) is 7.56. The number of carboxylic acid groups (broad SMARTS) is 1. The van der Waals surface area contributed by atoms with Gasteiger partial charge in [0.1, 0.15) is 5.75 Å². The van der Waals surface area contributed by atoms with E-state index >= 15 is 0 Å². The molecule has 2 aromatic rings. The van der Waals surface area contributed by atoms with Gasteiger partial charge in [0.25, 0.3) is 0 Å². The van der Waals surface area contributed by atoms with Gasteiger partial charge in [-0.05, 0) is 36.4 Å². The van der Waals surface area contributed by atoms with Gasteiger partial charge >= 0.3 is 12.1 Å². The van der Waals surface area contributed by atoms with Crippen LogP contribution in [0.2, 0.25) is 0 Å². The van der Waals surface area contributed by atoms with Crippen LogP contribution in [0.25, 0.3) is 0 Å². The minimum atomic E-state index is -3.58. The van der Waals surface area contributed by atoms with E-state index in [9.17, 15) is 18.4 Å². The van der Waals surface area contributed by atoms with Crippen molar-refractivity contribution in [1.29, 1.82) is 0 Å². The average molecular weight is 366 g/mol. The summed E-state index contributed by atoms with van der Waals surface area (Å²) >= 11 is 0. The van der Waals surface area contributed by atoms with Gasteiger partial charge in [0.05, 0.1) is 18.8 Å². The molecule has 0 atom stereocenters. The number of ketones is 1. The summed E-state index contributed by atoms with van der Waals surface area (Å²) in [5.74, 6) is -1.64. The smallest absolute Gasteiger partial charge is 0.421 e. The third kappa shape index (κ3) is 5.33. The van der Waals surface area contributed by atoms with Gasteiger partial charge < -0.3 is 19.7 Å². The van der Waals surface area contributed by atoms with Crippen molar-refractivity contribution in [2.24, 2.45) is 0 Å². The maximum absolute atomic E-state index is 13.5. The maximum Gasteiger partial charge on any atom is 0.421 e. The molecule has 26 heavy (non-hydrogen) atoms. The number of aliphatic hydroxyl groups is 1. The molecule has 6 nitrogen and oxygen atoms in total. The van der Waals surface area contributed by atoms with Crippen molar-refractivity contribution in [2.75, 3.05) is 19.8 Å². The summed E-state index contributed by atoms with van der Waals surface area (Å²) in [6.45, 7) is -1.61. The SMILES string of the molecule is O=C(O)c1ccc(C(=O)c2ccc(OC(F)(F)COCCO)cc2)cc1. The molecule has 2 N–H and O–H groups in total. The lowest BCUT2D eigenvalue weighted by Gasteiger charge is -2.17. The van der Waals surface area contributed by atoms with E-state index in [1.165, 1.54) is 48.5 Å². The lowest BCUT2D eigenvalue weighted by Crippen LogP contribution is -2.31. The predicted molar refractivity (Wildman–Crippen MR) is 86.8 cm³/mol. The Kier molecular flexibility index (Phi) is 6.37. The van der Waals surface area contributed by atoms with E-state index in [2.05, 4.69) is 9.47 Å². The minimum absolute atomic E-state index is 0.0518. The third-order valence-corrected chi connectivity index (χ3v) is 3.28. The third-order valence-electron chi connectivity index (χ3n) is 3.28. The number of carbonyl (C=O) groups excluding carboxylic acids is 1. The van der Waals surface area contributed by atoms with E-state index in [0.717, 1.165) is 0 Å². The number of rotatable bonds is 9. The Bertz CT molecular complexity index is 756. The van der Waals surface area contributed by atoms with Crippen molar-refractivity contribution < 1.29 is 38.1 Å². The number of aliphatic hydroxyl groups excluding tert-OH is 1. The van der Waals surface area contributed by atoms with Gasteiger partial charge in [-0.1, -0.05) is 12.1 Å². The number of benzene rings is 2. The monoisotopic (exact) mass is 366 g/mol. The molecule has 0 fully saturated rings. The molecule has 138 valence electrons. The summed E-state index contributed by atoms with van der Waals surface area (Å²) in [6.07, 6.45) is -3.58. The molecule has 0 aliphatic heterocycles. The zero-order chi connectivity index (χ0) is 19.2. The van der Waals surface area contributed by atoms with E-state index in [4.69, 9.17) is 10.2 Å². The Balaban J connectivity index is 2.04. The van der Waals surface area contributed by atoms with Crippen molar-refractivity contribution in [3.63, 3.8) is 0 Å². The second kappa shape index (κ2) is 8.50. The molecule has 0 aliphatic carbocycles. The Morgan fingerprint density at radius 3 is 1.92 bits per heavy atom. The molecule has 0 amide bonds. The number of carboxylic acids is 1. The first kappa shape index (κ1) is 19.5. The van der Waals surface area contributed by atoms with E-state index < -0.39 is 18.7 Å². The summed E-state index contributed by atoms with van der Waals surface area (Å²) in [5, 5.41) is 17.3. The van der Waals surface area contributed by atoms with Crippen molar-refractivity contribution in [3.8, 4) is 5.75 Å². The number of halogens is 2. The number of alkyl halides is 2. The van der Waals surface area contributed by atoms with Gasteiger partial charge in [0.2, 0.25) is 0 Å². The fourth-order valence-electron chi connectivity index (χ4n) is 2.06. The Morgan fingerprint density at radius 2 is 1.42 bits per heavy atom. The molecule has 0 unspecified atom stereocenters. The quantitative estimate of drug-likeness (QED) is 0.523. The lowest BCUT2D eigenvalue weighted by atomic mass is 10.0. The van der Waals surface area contributed by atoms with Gasteiger partial charge in [-0.15, -0.1) is 0 Å². The van der Waals surface area contributed by atoms with E-state index in [1.54, 1.807) is 0 Å². The highest BCUT2D eigenvalue weighted by atomic mass is 19.3. The van der Waals surface area contributed by atoms with Crippen LogP contribution in [0.15, 0.2) is 48.5 Å². The Morgan fingerprint density at radius 1 is 0.923 bits per heavy atom. The average Bonchev–Trinajstić information content (AvgIpc) is 2.61. The molecule has 0 saturated carbocycles. The molecule has 0 heterocycles. The molecular formula is C18H16F2O6. The number of carbonyl (C=O) groups is 2. The second-order valence-corrected chi connectivity index (χ2v) is 5.25. The largest absolute Gasteiger partial charge is 0.478 e. The van der Waals surface area contributed by atoms with Gasteiger partial charge in [0, 0.05) is 11.1 Å². The van der Waals surface area contributed by atoms with Crippen molar-refractivity contribution in [2.45, 2.75) is 6.11 Å². The first-order valence-corrected chi connectivity index (χ1v) is 7.56. The Labute approximate surface area is 147 Å². The van der Waals surface area contributed by atoms with Crippen molar-refractivity contribution in [1.82, 2.24) is 0 Å². The van der Waals surface area contributed by atoms with Crippen LogP contribution < -0.4 is 4.74 Å². The van der Waals surface area contributed by atoms with Crippen molar-refractivity contribution >= 4 is 11.8 Å². The fourth-order valence-corrected chi connectivity index (χ4v) is 2.06. The van der Waals surface area contributed by atoms with Crippen LogP contribution in [-0.4, -0.2) is 47.9 Å². The molecule has 8 heteroatoms. The van der Waals surface area contributed by atoms with Gasteiger partial charge in [-0.2, -0.15) is 8.78 Å². The van der Waals surface area contributed by atoms with Crippen LogP contribution in [-0.2, 0) is 4.74 Å². The summed E-state index contributed by atoms with van der Waals surface area (Å²) in [4.78, 5) is 23.1. The summed E-state index contributed by atoms with van der Waals surface area (Å²) in [7, 11) is 0. The van der Waals surface area contributed by atoms with E-state index in [-0.39, 0.29) is 41.4 Å². The molecule has 0 aliphatic rings. The van der Waals surface area contributed by atoms with Crippen LogP contribution in [0, 0.1) is 0 Å². The second-order valence-electron chi connectivity index (χ2n) is 5.25.